The summed E-state index contributed by atoms with van der Waals surface area (Å²) in [5.74, 6) is 0.730. The first kappa shape index (κ1) is 15.5. The molecule has 2 heteroatoms. The largest absolute Gasteiger partial charge is 0.346 e. The molecule has 1 saturated heterocycles. The number of carbonyl (C=O) groups excluding carboxylic acids is 1. The molecule has 1 heterocycles. The molecule has 0 aromatic carbocycles. The van der Waals surface area contributed by atoms with E-state index in [1.54, 1.807) is 0 Å². The zero-order valence-corrected chi connectivity index (χ0v) is 12.4. The summed E-state index contributed by atoms with van der Waals surface area (Å²) in [6.07, 6.45) is 14.3. The molecule has 0 saturated carbocycles. The lowest BCUT2D eigenvalue weighted by atomic mass is 9.91. The van der Waals surface area contributed by atoms with E-state index in [0.29, 0.717) is 11.8 Å². The summed E-state index contributed by atoms with van der Waals surface area (Å²) >= 11 is 0. The second-order valence-electron chi connectivity index (χ2n) is 5.86. The normalized spacial score (nSPS) is 20.4. The van der Waals surface area contributed by atoms with Crippen molar-refractivity contribution in [2.24, 2.45) is 5.92 Å². The molecule has 18 heavy (non-hydrogen) atoms. The van der Waals surface area contributed by atoms with E-state index in [-0.39, 0.29) is 0 Å². The molecule has 106 valence electrons. The standard InChI is InChI=1S/C16H31NO/c1-3-4-5-6-7-8-9-10-12-15-13-11-14-17(2)16(15)18/h15H,3-14H2,1-2H3. The molecule has 1 rings (SSSR count). The van der Waals surface area contributed by atoms with Gasteiger partial charge in [-0.05, 0) is 19.3 Å². The number of unbranched alkanes of at least 4 members (excludes halogenated alkanes) is 7. The van der Waals surface area contributed by atoms with Crippen LogP contribution in [-0.4, -0.2) is 24.4 Å². The number of carbonyl (C=O) groups is 1. The third kappa shape index (κ3) is 5.88. The van der Waals surface area contributed by atoms with Crippen molar-refractivity contribution in [2.75, 3.05) is 13.6 Å². The fourth-order valence-corrected chi connectivity index (χ4v) is 2.91. The average Bonchev–Trinajstić information content (AvgIpc) is 2.37. The van der Waals surface area contributed by atoms with Crippen molar-refractivity contribution >= 4 is 5.91 Å². The van der Waals surface area contributed by atoms with Gasteiger partial charge in [-0.1, -0.05) is 58.3 Å². The first-order valence-corrected chi connectivity index (χ1v) is 8.00. The van der Waals surface area contributed by atoms with Crippen molar-refractivity contribution in [3.63, 3.8) is 0 Å². The quantitative estimate of drug-likeness (QED) is 0.558. The van der Waals surface area contributed by atoms with Crippen molar-refractivity contribution in [3.05, 3.63) is 0 Å². The molecule has 0 radical (unpaired) electrons. The summed E-state index contributed by atoms with van der Waals surface area (Å²) in [6, 6.07) is 0. The van der Waals surface area contributed by atoms with E-state index in [1.807, 2.05) is 11.9 Å². The molecule has 1 amide bonds. The maximum absolute atomic E-state index is 11.9. The highest BCUT2D eigenvalue weighted by atomic mass is 16.2. The van der Waals surface area contributed by atoms with Crippen LogP contribution in [0.15, 0.2) is 0 Å². The average molecular weight is 253 g/mol. The molecule has 1 fully saturated rings. The van der Waals surface area contributed by atoms with Gasteiger partial charge in [0.25, 0.3) is 0 Å². The minimum absolute atomic E-state index is 0.337. The third-order valence-corrected chi connectivity index (χ3v) is 4.18. The SMILES string of the molecule is CCCCCCCCCCC1CCCN(C)C1=O. The highest BCUT2D eigenvalue weighted by molar-refractivity contribution is 5.79. The van der Waals surface area contributed by atoms with E-state index in [0.717, 1.165) is 19.4 Å². The van der Waals surface area contributed by atoms with Crippen molar-refractivity contribution in [1.29, 1.82) is 0 Å². The van der Waals surface area contributed by atoms with Crippen LogP contribution in [0.5, 0.6) is 0 Å². The molecule has 0 aromatic rings. The molecule has 0 N–H and O–H groups in total. The van der Waals surface area contributed by atoms with E-state index in [4.69, 9.17) is 0 Å². The fraction of sp³-hybridized carbons (Fsp3) is 0.938. The first-order chi connectivity index (χ1) is 8.75. The monoisotopic (exact) mass is 253 g/mol. The van der Waals surface area contributed by atoms with Gasteiger partial charge < -0.3 is 4.90 Å². The Bertz CT molecular complexity index is 227. The maximum atomic E-state index is 11.9. The van der Waals surface area contributed by atoms with Gasteiger partial charge in [0.05, 0.1) is 0 Å². The number of rotatable bonds is 9. The summed E-state index contributed by atoms with van der Waals surface area (Å²) in [4.78, 5) is 13.8. The Balaban J connectivity index is 1.95. The van der Waals surface area contributed by atoms with E-state index in [2.05, 4.69) is 6.92 Å². The molecular formula is C16H31NO. The summed E-state index contributed by atoms with van der Waals surface area (Å²) in [5, 5.41) is 0. The van der Waals surface area contributed by atoms with Gasteiger partial charge in [0.2, 0.25) is 5.91 Å². The molecule has 0 bridgehead atoms. The van der Waals surface area contributed by atoms with Gasteiger partial charge >= 0.3 is 0 Å². The summed E-state index contributed by atoms with van der Waals surface area (Å²) < 4.78 is 0. The lowest BCUT2D eigenvalue weighted by Gasteiger charge is -2.29. The molecule has 1 unspecified atom stereocenters. The van der Waals surface area contributed by atoms with Gasteiger partial charge in [-0.3, -0.25) is 4.79 Å². The van der Waals surface area contributed by atoms with Crippen LogP contribution in [-0.2, 0) is 4.79 Å². The Morgan fingerprint density at radius 1 is 1.06 bits per heavy atom. The third-order valence-electron chi connectivity index (χ3n) is 4.18. The van der Waals surface area contributed by atoms with Crippen LogP contribution < -0.4 is 0 Å². The lowest BCUT2D eigenvalue weighted by molar-refractivity contribution is -0.137. The van der Waals surface area contributed by atoms with Crippen LogP contribution in [0.3, 0.4) is 0 Å². The summed E-state index contributed by atoms with van der Waals surface area (Å²) in [7, 11) is 1.95. The zero-order chi connectivity index (χ0) is 13.2. The lowest BCUT2D eigenvalue weighted by Crippen LogP contribution is -2.38. The zero-order valence-electron chi connectivity index (χ0n) is 12.4. The minimum Gasteiger partial charge on any atom is -0.346 e. The smallest absolute Gasteiger partial charge is 0.225 e. The molecule has 0 aromatic heterocycles. The highest BCUT2D eigenvalue weighted by Gasteiger charge is 2.25. The van der Waals surface area contributed by atoms with Crippen LogP contribution in [0.25, 0.3) is 0 Å². The summed E-state index contributed by atoms with van der Waals surface area (Å²) in [5.41, 5.74) is 0. The van der Waals surface area contributed by atoms with Gasteiger partial charge in [-0.15, -0.1) is 0 Å². The molecule has 0 aliphatic carbocycles. The van der Waals surface area contributed by atoms with Crippen molar-refractivity contribution < 1.29 is 4.79 Å². The van der Waals surface area contributed by atoms with Crippen LogP contribution in [0, 0.1) is 5.92 Å². The number of likely N-dealkylation sites (tertiary alicyclic amines) is 1. The van der Waals surface area contributed by atoms with Crippen molar-refractivity contribution in [2.45, 2.75) is 77.6 Å². The van der Waals surface area contributed by atoms with Crippen molar-refractivity contribution in [1.82, 2.24) is 4.90 Å². The Morgan fingerprint density at radius 3 is 2.33 bits per heavy atom. The Kier molecular flexibility index (Phi) is 8.11. The van der Waals surface area contributed by atoms with Gasteiger partial charge in [0, 0.05) is 19.5 Å². The van der Waals surface area contributed by atoms with Gasteiger partial charge in [-0.25, -0.2) is 0 Å². The molecule has 1 aliphatic heterocycles. The van der Waals surface area contributed by atoms with Gasteiger partial charge in [0.15, 0.2) is 0 Å². The number of hydrogen-bond acceptors (Lipinski definition) is 1. The van der Waals surface area contributed by atoms with E-state index >= 15 is 0 Å². The minimum atomic E-state index is 0.337. The Hall–Kier alpha value is -0.530. The van der Waals surface area contributed by atoms with E-state index < -0.39 is 0 Å². The molecular weight excluding hydrogens is 222 g/mol. The second-order valence-corrected chi connectivity index (χ2v) is 5.86. The maximum Gasteiger partial charge on any atom is 0.225 e. The van der Waals surface area contributed by atoms with Gasteiger partial charge in [-0.2, -0.15) is 0 Å². The number of amides is 1. The predicted octanol–water partition coefficient (Wildman–Crippen LogP) is 4.39. The van der Waals surface area contributed by atoms with E-state index in [9.17, 15) is 4.79 Å². The predicted molar refractivity (Wildman–Crippen MR) is 77.6 cm³/mol. The highest BCUT2D eigenvalue weighted by Crippen LogP contribution is 2.22. The van der Waals surface area contributed by atoms with Crippen LogP contribution in [0.2, 0.25) is 0 Å². The Morgan fingerprint density at radius 2 is 1.67 bits per heavy atom. The number of nitrogens with zero attached hydrogens (tertiary/aromatic N) is 1. The number of piperidine rings is 1. The molecule has 0 spiro atoms. The van der Waals surface area contributed by atoms with Crippen molar-refractivity contribution in [3.8, 4) is 0 Å². The number of hydrogen-bond donors (Lipinski definition) is 0. The van der Waals surface area contributed by atoms with Crippen LogP contribution in [0.4, 0.5) is 0 Å². The van der Waals surface area contributed by atoms with E-state index in [1.165, 1.54) is 57.8 Å². The first-order valence-electron chi connectivity index (χ1n) is 8.00. The van der Waals surface area contributed by atoms with Gasteiger partial charge in [0.1, 0.15) is 0 Å². The fourth-order valence-electron chi connectivity index (χ4n) is 2.91. The molecule has 2 nitrogen and oxygen atoms in total. The Labute approximate surface area is 113 Å². The summed E-state index contributed by atoms with van der Waals surface area (Å²) in [6.45, 7) is 3.23. The van der Waals surface area contributed by atoms with Crippen LogP contribution >= 0.6 is 0 Å². The topological polar surface area (TPSA) is 20.3 Å². The molecule has 1 aliphatic rings. The molecule has 1 atom stereocenters. The van der Waals surface area contributed by atoms with Crippen LogP contribution in [0.1, 0.15) is 77.6 Å². The second kappa shape index (κ2) is 9.41.